The summed E-state index contributed by atoms with van der Waals surface area (Å²) in [5.74, 6) is -0.315. The smallest absolute Gasteiger partial charge is 0.261 e. The molecule has 1 amide bonds. The van der Waals surface area contributed by atoms with Crippen LogP contribution in [0.4, 0.5) is 0 Å². The number of carbonyl (C=O) groups is 1. The summed E-state index contributed by atoms with van der Waals surface area (Å²) in [5, 5.41) is 7.21. The van der Waals surface area contributed by atoms with Gasteiger partial charge in [-0.25, -0.2) is 0 Å². The second kappa shape index (κ2) is 8.11. The van der Waals surface area contributed by atoms with Gasteiger partial charge in [-0.15, -0.1) is 0 Å². The Morgan fingerprint density at radius 3 is 2.62 bits per heavy atom. The highest BCUT2D eigenvalue weighted by atomic mass is 16.2. The molecule has 0 radical (unpaired) electrons. The van der Waals surface area contributed by atoms with Crippen molar-refractivity contribution < 1.29 is 4.79 Å². The number of nitrogens with one attached hydrogen (secondary N) is 3. The zero-order valence-electron chi connectivity index (χ0n) is 13.9. The number of rotatable bonds is 5. The van der Waals surface area contributed by atoms with Crippen molar-refractivity contribution in [1.82, 2.24) is 15.6 Å². The van der Waals surface area contributed by atoms with E-state index in [9.17, 15) is 9.59 Å². The minimum absolute atomic E-state index is 0.170. The number of carbonyl (C=O) groups excluding carboxylic acids is 1. The topological polar surface area (TPSA) is 74.0 Å². The van der Waals surface area contributed by atoms with Gasteiger partial charge in [0.1, 0.15) is 5.56 Å². The maximum absolute atomic E-state index is 12.3. The van der Waals surface area contributed by atoms with E-state index in [1.165, 1.54) is 38.5 Å². The minimum atomic E-state index is -0.345. The molecule has 1 aromatic heterocycles. The van der Waals surface area contributed by atoms with Crippen molar-refractivity contribution in [3.8, 4) is 0 Å². The number of aromatic amines is 1. The Bertz CT molecular complexity index is 746. The number of H-pyrrole nitrogens is 1. The lowest BCUT2D eigenvalue weighted by atomic mass is 10.1. The van der Waals surface area contributed by atoms with Crippen molar-refractivity contribution in [2.45, 2.75) is 44.6 Å². The van der Waals surface area contributed by atoms with Crippen molar-refractivity contribution >= 4 is 16.8 Å². The van der Waals surface area contributed by atoms with Gasteiger partial charge >= 0.3 is 0 Å². The monoisotopic (exact) mass is 327 g/mol. The van der Waals surface area contributed by atoms with Crippen LogP contribution >= 0.6 is 0 Å². The van der Waals surface area contributed by atoms with Gasteiger partial charge in [-0.2, -0.15) is 0 Å². The summed E-state index contributed by atoms with van der Waals surface area (Å²) in [6.45, 7) is 1.27. The first-order valence-electron chi connectivity index (χ1n) is 8.88. The minimum Gasteiger partial charge on any atom is -0.351 e. The largest absolute Gasteiger partial charge is 0.351 e. The molecule has 5 nitrogen and oxygen atoms in total. The molecule has 1 heterocycles. The van der Waals surface area contributed by atoms with Crippen molar-refractivity contribution in [3.05, 3.63) is 46.2 Å². The summed E-state index contributed by atoms with van der Waals surface area (Å²) in [6.07, 6.45) is 7.68. The Morgan fingerprint density at radius 2 is 1.83 bits per heavy atom. The van der Waals surface area contributed by atoms with Gasteiger partial charge in [0.15, 0.2) is 0 Å². The van der Waals surface area contributed by atoms with E-state index in [4.69, 9.17) is 0 Å². The molecule has 0 aliphatic heterocycles. The Hall–Kier alpha value is -2.14. The van der Waals surface area contributed by atoms with E-state index < -0.39 is 0 Å². The molecule has 1 aromatic carbocycles. The third kappa shape index (κ3) is 4.23. The first-order valence-corrected chi connectivity index (χ1v) is 8.88. The molecule has 5 heteroatoms. The molecule has 2 aromatic rings. The number of hydrogen-bond donors (Lipinski definition) is 3. The van der Waals surface area contributed by atoms with Gasteiger partial charge in [-0.1, -0.05) is 43.9 Å². The predicted octanol–water partition coefficient (Wildman–Crippen LogP) is 2.57. The molecule has 1 saturated carbocycles. The Balaban J connectivity index is 1.53. The van der Waals surface area contributed by atoms with E-state index in [2.05, 4.69) is 15.6 Å². The average molecular weight is 327 g/mol. The van der Waals surface area contributed by atoms with Gasteiger partial charge in [-0.3, -0.25) is 9.59 Å². The second-order valence-electron chi connectivity index (χ2n) is 6.50. The molecule has 1 aliphatic rings. The van der Waals surface area contributed by atoms with Gasteiger partial charge in [-0.05, 0) is 30.4 Å². The second-order valence-corrected chi connectivity index (χ2v) is 6.50. The van der Waals surface area contributed by atoms with Crippen LogP contribution in [-0.2, 0) is 0 Å². The summed E-state index contributed by atoms with van der Waals surface area (Å²) in [4.78, 5) is 27.1. The van der Waals surface area contributed by atoms with Crippen molar-refractivity contribution in [3.63, 3.8) is 0 Å². The molecule has 1 fully saturated rings. The van der Waals surface area contributed by atoms with Crippen LogP contribution in [0, 0.1) is 0 Å². The van der Waals surface area contributed by atoms with Crippen LogP contribution in [0.25, 0.3) is 10.9 Å². The summed E-state index contributed by atoms with van der Waals surface area (Å²) in [7, 11) is 0. The maximum atomic E-state index is 12.3. The first-order chi connectivity index (χ1) is 11.7. The molecule has 128 valence electrons. The van der Waals surface area contributed by atoms with Crippen molar-refractivity contribution in [2.75, 3.05) is 13.1 Å². The molecule has 0 saturated heterocycles. The highest BCUT2D eigenvalue weighted by Gasteiger charge is 2.13. The zero-order valence-corrected chi connectivity index (χ0v) is 13.9. The summed E-state index contributed by atoms with van der Waals surface area (Å²) < 4.78 is 0. The number of aromatic nitrogens is 1. The molecular weight excluding hydrogens is 302 g/mol. The van der Waals surface area contributed by atoms with Gasteiger partial charge in [0.2, 0.25) is 0 Å². The first kappa shape index (κ1) is 16.7. The molecule has 0 spiro atoms. The maximum Gasteiger partial charge on any atom is 0.261 e. The predicted molar refractivity (Wildman–Crippen MR) is 96.4 cm³/mol. The molecule has 0 atom stereocenters. The van der Waals surface area contributed by atoms with E-state index in [1.807, 2.05) is 24.3 Å². The highest BCUT2D eigenvalue weighted by molar-refractivity contribution is 5.97. The van der Waals surface area contributed by atoms with Crippen LogP contribution in [-0.4, -0.2) is 30.0 Å². The number of pyridine rings is 1. The van der Waals surface area contributed by atoms with Crippen LogP contribution in [0.1, 0.15) is 48.9 Å². The van der Waals surface area contributed by atoms with Crippen molar-refractivity contribution in [2.24, 2.45) is 0 Å². The van der Waals surface area contributed by atoms with E-state index >= 15 is 0 Å². The molecule has 1 aliphatic carbocycles. The fourth-order valence-electron chi connectivity index (χ4n) is 3.35. The fraction of sp³-hybridized carbons (Fsp3) is 0.474. The number of hydrogen-bond acceptors (Lipinski definition) is 3. The Morgan fingerprint density at radius 1 is 1.08 bits per heavy atom. The van der Waals surface area contributed by atoms with Gasteiger partial charge in [0.05, 0.1) is 0 Å². The van der Waals surface area contributed by atoms with Gasteiger partial charge < -0.3 is 15.6 Å². The normalized spacial score (nSPS) is 16.0. The number of fused-ring (bicyclic) bond motifs is 1. The SMILES string of the molecule is O=C(NCCNC1CCCCCC1)c1cc2ccccc2[nH]c1=O. The lowest BCUT2D eigenvalue weighted by Gasteiger charge is -2.16. The summed E-state index contributed by atoms with van der Waals surface area (Å²) >= 11 is 0. The average Bonchev–Trinajstić information content (AvgIpc) is 2.86. The van der Waals surface area contributed by atoms with Crippen LogP contribution in [0.15, 0.2) is 35.1 Å². The number of benzene rings is 1. The Kier molecular flexibility index (Phi) is 5.64. The third-order valence-corrected chi connectivity index (χ3v) is 4.70. The van der Waals surface area contributed by atoms with Crippen LogP contribution in [0.2, 0.25) is 0 Å². The standard InChI is InChI=1S/C19H25N3O2/c23-18(21-12-11-20-15-8-3-1-2-4-9-15)16-13-14-7-5-6-10-17(14)22-19(16)24/h5-7,10,13,15,20H,1-4,8-9,11-12H2,(H,21,23)(H,22,24). The van der Waals surface area contributed by atoms with Crippen molar-refractivity contribution in [1.29, 1.82) is 0 Å². The van der Waals surface area contributed by atoms with Gasteiger partial charge in [0.25, 0.3) is 11.5 Å². The summed E-state index contributed by atoms with van der Waals surface area (Å²) in [5.41, 5.74) is 0.570. The van der Waals surface area contributed by atoms with E-state index in [1.54, 1.807) is 6.07 Å². The van der Waals surface area contributed by atoms with Crippen LogP contribution in [0.3, 0.4) is 0 Å². The molecule has 0 bridgehead atoms. The molecule has 0 unspecified atom stereocenters. The summed E-state index contributed by atoms with van der Waals surface area (Å²) in [6, 6.07) is 9.68. The molecular formula is C19H25N3O2. The number of amides is 1. The number of para-hydroxylation sites is 1. The third-order valence-electron chi connectivity index (χ3n) is 4.70. The zero-order chi connectivity index (χ0) is 16.8. The lowest BCUT2D eigenvalue weighted by Crippen LogP contribution is -2.38. The van der Waals surface area contributed by atoms with Crippen LogP contribution in [0.5, 0.6) is 0 Å². The molecule has 3 N–H and O–H groups in total. The lowest BCUT2D eigenvalue weighted by molar-refractivity contribution is 0.0952. The highest BCUT2D eigenvalue weighted by Crippen LogP contribution is 2.16. The van der Waals surface area contributed by atoms with E-state index in [0.717, 1.165) is 17.4 Å². The van der Waals surface area contributed by atoms with Gasteiger partial charge in [0, 0.05) is 24.6 Å². The quantitative estimate of drug-likeness (QED) is 0.584. The fourth-order valence-corrected chi connectivity index (χ4v) is 3.35. The van der Waals surface area contributed by atoms with E-state index in [-0.39, 0.29) is 17.0 Å². The molecule has 24 heavy (non-hydrogen) atoms. The van der Waals surface area contributed by atoms with E-state index in [0.29, 0.717) is 12.6 Å². The molecule has 3 rings (SSSR count). The Labute approximate surface area is 141 Å². The van der Waals surface area contributed by atoms with Crippen LogP contribution < -0.4 is 16.2 Å².